The highest BCUT2D eigenvalue weighted by atomic mass is 35.5. The lowest BCUT2D eigenvalue weighted by atomic mass is 10.2. The van der Waals surface area contributed by atoms with Gasteiger partial charge in [0.1, 0.15) is 11.5 Å². The number of nitrogens with zero attached hydrogens (tertiary/aromatic N) is 2. The summed E-state index contributed by atoms with van der Waals surface area (Å²) in [4.78, 5) is 32.3. The molecule has 148 valence electrons. The van der Waals surface area contributed by atoms with Crippen LogP contribution in [0.25, 0.3) is 0 Å². The topological polar surface area (TPSA) is 102 Å². The number of methoxy groups -OCH3 is 1. The zero-order chi connectivity index (χ0) is 20.8. The van der Waals surface area contributed by atoms with Crippen molar-refractivity contribution in [3.05, 3.63) is 70.5 Å². The van der Waals surface area contributed by atoms with E-state index in [2.05, 4.69) is 20.6 Å². The fourth-order valence-electron chi connectivity index (χ4n) is 2.23. The standard InChI is InChI=1S/C19H14Cl2N4O4/c1-28-11-5-7-12(8-6-11)29-16-10-22-15(9-23-16)24-19(27)25-18(26)17-13(20)3-2-4-14(17)21/h2-10H,1H3,(H2,22,24,25,26,27). The Balaban J connectivity index is 1.58. The number of aromatic nitrogens is 2. The summed E-state index contributed by atoms with van der Waals surface area (Å²) < 4.78 is 10.6. The number of carbonyl (C=O) groups excluding carboxylic acids is 2. The van der Waals surface area contributed by atoms with E-state index < -0.39 is 11.9 Å². The van der Waals surface area contributed by atoms with Crippen molar-refractivity contribution in [1.82, 2.24) is 15.3 Å². The highest BCUT2D eigenvalue weighted by molar-refractivity contribution is 6.40. The predicted molar refractivity (Wildman–Crippen MR) is 108 cm³/mol. The molecular formula is C19H14Cl2N4O4. The van der Waals surface area contributed by atoms with Gasteiger partial charge in [-0.15, -0.1) is 0 Å². The average molecular weight is 433 g/mol. The summed E-state index contributed by atoms with van der Waals surface area (Å²) in [5.74, 6) is 0.829. The second-order valence-electron chi connectivity index (χ2n) is 5.52. The van der Waals surface area contributed by atoms with Gasteiger partial charge in [-0.3, -0.25) is 15.4 Å². The van der Waals surface area contributed by atoms with Crippen LogP contribution in [0.2, 0.25) is 10.0 Å². The Bertz CT molecular complexity index is 1010. The molecule has 1 aromatic heterocycles. The van der Waals surface area contributed by atoms with E-state index in [1.54, 1.807) is 37.4 Å². The molecule has 10 heteroatoms. The van der Waals surface area contributed by atoms with Crippen LogP contribution < -0.4 is 20.1 Å². The first kappa shape index (κ1) is 20.4. The van der Waals surface area contributed by atoms with E-state index in [4.69, 9.17) is 32.7 Å². The molecule has 3 aromatic rings. The Morgan fingerprint density at radius 3 is 2.17 bits per heavy atom. The van der Waals surface area contributed by atoms with Crippen molar-refractivity contribution in [2.45, 2.75) is 0 Å². The lowest BCUT2D eigenvalue weighted by Crippen LogP contribution is -2.34. The van der Waals surface area contributed by atoms with Crippen molar-refractivity contribution < 1.29 is 19.1 Å². The summed E-state index contributed by atoms with van der Waals surface area (Å²) in [5.41, 5.74) is 0.000284. The lowest BCUT2D eigenvalue weighted by molar-refractivity contribution is 0.0967. The Labute approximate surface area is 175 Å². The quantitative estimate of drug-likeness (QED) is 0.612. The normalized spacial score (nSPS) is 10.2. The Morgan fingerprint density at radius 1 is 0.931 bits per heavy atom. The van der Waals surface area contributed by atoms with Gasteiger partial charge in [-0.25, -0.2) is 14.8 Å². The van der Waals surface area contributed by atoms with Gasteiger partial charge in [0, 0.05) is 0 Å². The van der Waals surface area contributed by atoms with Crippen molar-refractivity contribution in [3.8, 4) is 17.4 Å². The summed E-state index contributed by atoms with van der Waals surface area (Å²) in [6.07, 6.45) is 2.61. The summed E-state index contributed by atoms with van der Waals surface area (Å²) in [6, 6.07) is 10.7. The van der Waals surface area contributed by atoms with Gasteiger partial charge < -0.3 is 9.47 Å². The van der Waals surface area contributed by atoms with Gasteiger partial charge in [0.15, 0.2) is 5.82 Å². The van der Waals surface area contributed by atoms with Gasteiger partial charge in [-0.2, -0.15) is 0 Å². The molecule has 0 radical (unpaired) electrons. The third kappa shape index (κ3) is 5.34. The molecule has 8 nitrogen and oxygen atoms in total. The Kier molecular flexibility index (Phi) is 6.48. The van der Waals surface area contributed by atoms with E-state index in [0.29, 0.717) is 11.5 Å². The molecule has 0 atom stereocenters. The number of halogens is 2. The van der Waals surface area contributed by atoms with E-state index in [0.717, 1.165) is 0 Å². The second kappa shape index (κ2) is 9.22. The Hall–Kier alpha value is -3.36. The zero-order valence-electron chi connectivity index (χ0n) is 15.0. The van der Waals surface area contributed by atoms with E-state index in [1.807, 2.05) is 0 Å². The first-order valence-corrected chi connectivity index (χ1v) is 8.92. The minimum Gasteiger partial charge on any atom is -0.497 e. The molecule has 0 aliphatic heterocycles. The third-order valence-corrected chi connectivity index (χ3v) is 4.20. The Morgan fingerprint density at radius 2 is 1.59 bits per heavy atom. The van der Waals surface area contributed by atoms with Crippen molar-refractivity contribution in [2.24, 2.45) is 0 Å². The molecule has 0 spiro atoms. The largest absolute Gasteiger partial charge is 0.497 e. The molecular weight excluding hydrogens is 419 g/mol. The minimum absolute atomic E-state index is 0.000284. The molecule has 0 saturated carbocycles. The smallest absolute Gasteiger partial charge is 0.327 e. The maximum atomic E-state index is 12.2. The van der Waals surface area contributed by atoms with Crippen LogP contribution in [0.5, 0.6) is 17.4 Å². The highest BCUT2D eigenvalue weighted by Gasteiger charge is 2.17. The summed E-state index contributed by atoms with van der Waals surface area (Å²) >= 11 is 11.9. The monoisotopic (exact) mass is 432 g/mol. The van der Waals surface area contributed by atoms with E-state index >= 15 is 0 Å². The molecule has 0 aliphatic rings. The number of urea groups is 1. The highest BCUT2D eigenvalue weighted by Crippen LogP contribution is 2.24. The number of carbonyl (C=O) groups is 2. The maximum Gasteiger partial charge on any atom is 0.327 e. The van der Waals surface area contributed by atoms with Crippen molar-refractivity contribution in [3.63, 3.8) is 0 Å². The summed E-state index contributed by atoms with van der Waals surface area (Å²) in [5, 5.41) is 4.76. The van der Waals surface area contributed by atoms with Crippen LogP contribution >= 0.6 is 23.2 Å². The number of nitrogens with one attached hydrogen (secondary N) is 2. The molecule has 2 N–H and O–H groups in total. The molecule has 3 amide bonds. The minimum atomic E-state index is -0.816. The van der Waals surface area contributed by atoms with E-state index in [9.17, 15) is 9.59 Å². The third-order valence-electron chi connectivity index (χ3n) is 3.57. The maximum absolute atomic E-state index is 12.2. The fourth-order valence-corrected chi connectivity index (χ4v) is 2.79. The molecule has 3 rings (SSSR count). The lowest BCUT2D eigenvalue weighted by Gasteiger charge is -2.09. The molecule has 0 fully saturated rings. The van der Waals surface area contributed by atoms with Crippen molar-refractivity contribution in [2.75, 3.05) is 12.4 Å². The molecule has 0 aliphatic carbocycles. The van der Waals surface area contributed by atoms with Crippen LogP contribution in [0, 0.1) is 0 Å². The van der Waals surface area contributed by atoms with Crippen LogP contribution in [0.1, 0.15) is 10.4 Å². The van der Waals surface area contributed by atoms with Gasteiger partial charge >= 0.3 is 6.03 Å². The van der Waals surface area contributed by atoms with Crippen LogP contribution in [-0.4, -0.2) is 29.0 Å². The van der Waals surface area contributed by atoms with Crippen LogP contribution in [0.4, 0.5) is 10.6 Å². The number of amides is 3. The van der Waals surface area contributed by atoms with Gasteiger partial charge in [-0.1, -0.05) is 29.3 Å². The van der Waals surface area contributed by atoms with E-state index in [1.165, 1.54) is 24.5 Å². The van der Waals surface area contributed by atoms with Gasteiger partial charge in [-0.05, 0) is 36.4 Å². The number of hydrogen-bond donors (Lipinski definition) is 2. The van der Waals surface area contributed by atoms with Gasteiger partial charge in [0.25, 0.3) is 5.91 Å². The molecule has 0 saturated heterocycles. The second-order valence-corrected chi connectivity index (χ2v) is 6.34. The summed E-state index contributed by atoms with van der Waals surface area (Å²) in [7, 11) is 1.57. The van der Waals surface area contributed by atoms with Crippen LogP contribution in [-0.2, 0) is 0 Å². The van der Waals surface area contributed by atoms with Gasteiger partial charge in [0.05, 0.1) is 35.1 Å². The molecule has 29 heavy (non-hydrogen) atoms. The molecule has 0 unspecified atom stereocenters. The SMILES string of the molecule is COc1ccc(Oc2cnc(NC(=O)NC(=O)c3c(Cl)cccc3Cl)cn2)cc1. The van der Waals surface area contributed by atoms with Crippen molar-refractivity contribution >= 4 is 41.0 Å². The summed E-state index contributed by atoms with van der Waals surface area (Å²) in [6.45, 7) is 0. The number of anilines is 1. The zero-order valence-corrected chi connectivity index (χ0v) is 16.5. The van der Waals surface area contributed by atoms with Crippen LogP contribution in [0.15, 0.2) is 54.9 Å². The number of benzene rings is 2. The number of rotatable bonds is 5. The van der Waals surface area contributed by atoms with Crippen LogP contribution in [0.3, 0.4) is 0 Å². The molecule has 0 bridgehead atoms. The van der Waals surface area contributed by atoms with E-state index in [-0.39, 0.29) is 27.3 Å². The number of hydrogen-bond acceptors (Lipinski definition) is 6. The average Bonchev–Trinajstić information content (AvgIpc) is 2.70. The number of imide groups is 1. The first-order valence-electron chi connectivity index (χ1n) is 8.16. The van der Waals surface area contributed by atoms with Gasteiger partial charge in [0.2, 0.25) is 5.88 Å². The number of ether oxygens (including phenoxy) is 2. The predicted octanol–water partition coefficient (Wildman–Crippen LogP) is 4.55. The van der Waals surface area contributed by atoms with Crippen molar-refractivity contribution in [1.29, 1.82) is 0 Å². The molecule has 2 aromatic carbocycles. The fraction of sp³-hybridized carbons (Fsp3) is 0.0526. The first-order chi connectivity index (χ1) is 14.0. The molecule has 1 heterocycles.